The average Bonchev–Trinajstić information content (AvgIpc) is 2.40. The molecule has 0 saturated carbocycles. The molecule has 0 spiro atoms. The zero-order valence-corrected chi connectivity index (χ0v) is 17.5. The highest BCUT2D eigenvalue weighted by atomic mass is 127. The minimum atomic E-state index is -1.14. The van der Waals surface area contributed by atoms with Crippen LogP contribution in [0.3, 0.4) is 0 Å². The van der Waals surface area contributed by atoms with Crippen LogP contribution in [0, 0.1) is 5.82 Å². The highest BCUT2D eigenvalue weighted by Crippen LogP contribution is 2.27. The molecule has 1 unspecified atom stereocenters. The fourth-order valence-corrected chi connectivity index (χ4v) is 2.96. The van der Waals surface area contributed by atoms with E-state index in [0.29, 0.717) is 0 Å². The molecule has 1 aromatic carbocycles. The van der Waals surface area contributed by atoms with E-state index in [1.807, 2.05) is 11.8 Å². The maximum absolute atomic E-state index is 12.8. The SMILES string of the molecule is C[C@@H](c1ccc(F)cc1)N1CCCC(I)C1=O.C[Si](C)(C)Cl. The molecule has 0 bridgehead atoms. The van der Waals surface area contributed by atoms with E-state index in [1.165, 1.54) is 12.1 Å². The third-order valence-electron chi connectivity index (χ3n) is 3.23. The summed E-state index contributed by atoms with van der Waals surface area (Å²) in [6.07, 6.45) is 2.01. The van der Waals surface area contributed by atoms with Gasteiger partial charge < -0.3 is 4.90 Å². The van der Waals surface area contributed by atoms with Crippen molar-refractivity contribution >= 4 is 47.0 Å². The number of hydrogen-bond donors (Lipinski definition) is 0. The van der Waals surface area contributed by atoms with Crippen LogP contribution in [0.5, 0.6) is 0 Å². The predicted molar refractivity (Wildman–Crippen MR) is 103 cm³/mol. The van der Waals surface area contributed by atoms with E-state index in [0.717, 1.165) is 24.9 Å². The number of amides is 1. The molecule has 0 aliphatic carbocycles. The quantitative estimate of drug-likeness (QED) is 0.254. The number of halogens is 3. The Balaban J connectivity index is 0.000000422. The summed E-state index contributed by atoms with van der Waals surface area (Å²) < 4.78 is 12.9. The summed E-state index contributed by atoms with van der Waals surface area (Å²) in [4.78, 5) is 13.9. The van der Waals surface area contributed by atoms with Gasteiger partial charge in [0.15, 0.2) is 0 Å². The van der Waals surface area contributed by atoms with Gasteiger partial charge in [-0.1, -0.05) is 54.4 Å². The van der Waals surface area contributed by atoms with Gasteiger partial charge >= 0.3 is 0 Å². The van der Waals surface area contributed by atoms with Gasteiger partial charge in [0.05, 0.1) is 9.97 Å². The van der Waals surface area contributed by atoms with E-state index in [-0.39, 0.29) is 21.7 Å². The summed E-state index contributed by atoms with van der Waals surface area (Å²) in [5, 5.41) is 0. The molecule has 1 aromatic rings. The molecule has 2 rings (SSSR count). The second kappa shape index (κ2) is 8.64. The van der Waals surface area contributed by atoms with Crippen molar-refractivity contribution in [2.75, 3.05) is 6.54 Å². The number of likely N-dealkylation sites (tertiary alicyclic amines) is 1. The number of nitrogens with zero attached hydrogens (tertiary/aromatic N) is 1. The number of hydrogen-bond acceptors (Lipinski definition) is 1. The molecule has 1 aliphatic rings. The molecule has 1 fully saturated rings. The fourth-order valence-electron chi connectivity index (χ4n) is 2.16. The minimum Gasteiger partial charge on any atom is -0.335 e. The molecule has 1 amide bonds. The molecule has 1 heterocycles. The monoisotopic (exact) mass is 455 g/mol. The Morgan fingerprint density at radius 2 is 1.82 bits per heavy atom. The lowest BCUT2D eigenvalue weighted by molar-refractivity contribution is -0.134. The third-order valence-corrected chi connectivity index (χ3v) is 4.38. The molecular weight excluding hydrogens is 432 g/mol. The molecule has 2 atom stereocenters. The van der Waals surface area contributed by atoms with Crippen LogP contribution in [0.2, 0.25) is 19.6 Å². The molecule has 6 heteroatoms. The molecular formula is C16H24ClFINOSi. The molecule has 0 aromatic heterocycles. The largest absolute Gasteiger partial charge is 0.335 e. The van der Waals surface area contributed by atoms with Crippen LogP contribution in [0.1, 0.15) is 31.4 Å². The van der Waals surface area contributed by atoms with E-state index >= 15 is 0 Å². The van der Waals surface area contributed by atoms with E-state index in [9.17, 15) is 9.18 Å². The Bertz CT molecular complexity index is 486. The second-order valence-corrected chi connectivity index (χ2v) is 15.5. The minimum absolute atomic E-state index is 0.0284. The zero-order valence-electron chi connectivity index (χ0n) is 13.6. The van der Waals surface area contributed by atoms with Crippen molar-refractivity contribution in [2.24, 2.45) is 0 Å². The Morgan fingerprint density at radius 3 is 2.32 bits per heavy atom. The van der Waals surface area contributed by atoms with Gasteiger partial charge in [-0.2, -0.15) is 11.1 Å². The molecule has 1 saturated heterocycles. The van der Waals surface area contributed by atoms with Gasteiger partial charge in [0, 0.05) is 6.54 Å². The van der Waals surface area contributed by atoms with Crippen LogP contribution >= 0.6 is 33.7 Å². The molecule has 0 N–H and O–H groups in total. The Kier molecular flexibility index (Phi) is 7.81. The Hall–Kier alpha value is -0.143. The van der Waals surface area contributed by atoms with Crippen molar-refractivity contribution in [1.82, 2.24) is 4.90 Å². The molecule has 22 heavy (non-hydrogen) atoms. The normalized spacial score (nSPS) is 20.2. The van der Waals surface area contributed by atoms with Crippen molar-refractivity contribution in [3.8, 4) is 0 Å². The lowest BCUT2D eigenvalue weighted by Crippen LogP contribution is -2.43. The highest BCUT2D eigenvalue weighted by molar-refractivity contribution is 14.1. The first-order valence-electron chi connectivity index (χ1n) is 7.48. The van der Waals surface area contributed by atoms with E-state index in [4.69, 9.17) is 11.1 Å². The van der Waals surface area contributed by atoms with E-state index < -0.39 is 7.38 Å². The fraction of sp³-hybridized carbons (Fsp3) is 0.562. The van der Waals surface area contributed by atoms with Gasteiger partial charge in [-0.05, 0) is 37.5 Å². The van der Waals surface area contributed by atoms with Crippen LogP contribution in [-0.2, 0) is 4.79 Å². The van der Waals surface area contributed by atoms with Gasteiger partial charge in [-0.25, -0.2) is 4.39 Å². The number of benzene rings is 1. The summed E-state index contributed by atoms with van der Waals surface area (Å²) >= 11 is 7.87. The predicted octanol–water partition coefficient (Wildman–Crippen LogP) is 5.37. The zero-order chi connectivity index (χ0) is 16.9. The first-order chi connectivity index (χ1) is 10.1. The van der Waals surface area contributed by atoms with E-state index in [1.54, 1.807) is 12.1 Å². The summed E-state index contributed by atoms with van der Waals surface area (Å²) in [6.45, 7) is 9.08. The van der Waals surface area contributed by atoms with Gasteiger partial charge in [0.25, 0.3) is 0 Å². The molecule has 124 valence electrons. The van der Waals surface area contributed by atoms with Gasteiger partial charge in [-0.3, -0.25) is 4.79 Å². The Morgan fingerprint density at radius 1 is 1.32 bits per heavy atom. The van der Waals surface area contributed by atoms with Crippen LogP contribution < -0.4 is 0 Å². The molecule has 0 radical (unpaired) electrons. The van der Waals surface area contributed by atoms with Crippen molar-refractivity contribution in [3.05, 3.63) is 35.6 Å². The molecule has 2 nitrogen and oxygen atoms in total. The summed E-state index contributed by atoms with van der Waals surface area (Å²) in [6, 6.07) is 6.43. The van der Waals surface area contributed by atoms with Crippen LogP contribution in [-0.4, -0.2) is 28.7 Å². The van der Waals surface area contributed by atoms with Gasteiger partial charge in [-0.15, -0.1) is 0 Å². The smallest absolute Gasteiger partial charge is 0.236 e. The molecule has 1 aliphatic heterocycles. The average molecular weight is 456 g/mol. The number of piperidine rings is 1. The maximum atomic E-state index is 12.8. The van der Waals surface area contributed by atoms with Gasteiger partial charge in [0.1, 0.15) is 13.2 Å². The first-order valence-corrected chi connectivity index (χ1v) is 13.2. The van der Waals surface area contributed by atoms with Gasteiger partial charge in [0.2, 0.25) is 5.91 Å². The van der Waals surface area contributed by atoms with Crippen molar-refractivity contribution in [2.45, 2.75) is 49.4 Å². The van der Waals surface area contributed by atoms with E-state index in [2.05, 4.69) is 42.2 Å². The summed E-state index contributed by atoms with van der Waals surface area (Å²) in [7, 11) is -1.14. The highest BCUT2D eigenvalue weighted by Gasteiger charge is 2.30. The van der Waals surface area contributed by atoms with Crippen LogP contribution in [0.4, 0.5) is 4.39 Å². The van der Waals surface area contributed by atoms with Crippen LogP contribution in [0.15, 0.2) is 24.3 Å². The topological polar surface area (TPSA) is 20.3 Å². The number of carbonyl (C=O) groups is 1. The lowest BCUT2D eigenvalue weighted by Gasteiger charge is -2.35. The number of carbonyl (C=O) groups excluding carboxylic acids is 1. The summed E-state index contributed by atoms with van der Waals surface area (Å²) in [5.74, 6) is -0.0358. The second-order valence-electron chi connectivity index (χ2n) is 6.44. The van der Waals surface area contributed by atoms with Crippen molar-refractivity contribution in [1.29, 1.82) is 0 Å². The van der Waals surface area contributed by atoms with Crippen molar-refractivity contribution in [3.63, 3.8) is 0 Å². The Labute approximate surface area is 152 Å². The number of alkyl halides is 1. The number of rotatable bonds is 2. The van der Waals surface area contributed by atoms with Crippen molar-refractivity contribution < 1.29 is 9.18 Å². The summed E-state index contributed by atoms with van der Waals surface area (Å²) in [5.41, 5.74) is 0.991. The third kappa shape index (κ3) is 6.96. The first kappa shape index (κ1) is 19.9. The lowest BCUT2D eigenvalue weighted by atomic mass is 10.0. The standard InChI is InChI=1S/C13H15FINO.C3H9ClSi/c1-9(10-4-6-11(14)7-5-10)16-8-2-3-12(15)13(16)17;1-5(2,3)4/h4-7,9,12H,2-3,8H2,1H3;1-3H3/t9-,12?;/m0./s1. The maximum Gasteiger partial charge on any atom is 0.236 e. The van der Waals surface area contributed by atoms with Crippen LogP contribution in [0.25, 0.3) is 0 Å².